The third kappa shape index (κ3) is 6.97. The van der Waals surface area contributed by atoms with Crippen molar-refractivity contribution >= 4 is 21.6 Å². The highest BCUT2D eigenvalue weighted by atomic mass is 32.2. The molecule has 5 fully saturated rings. The zero-order chi connectivity index (χ0) is 34.2. The molecule has 1 amide bonds. The topological polar surface area (TPSA) is 91.4 Å². The molecule has 2 saturated carbocycles. The Balaban J connectivity index is 1.07. The van der Waals surface area contributed by atoms with Crippen LogP contribution in [0.2, 0.25) is 0 Å². The van der Waals surface area contributed by atoms with Crippen molar-refractivity contribution in [3.05, 3.63) is 59.9 Å². The number of hydrogen-bond donors (Lipinski definition) is 1. The number of halogens is 1. The van der Waals surface area contributed by atoms with E-state index in [1.165, 1.54) is 13.5 Å². The van der Waals surface area contributed by atoms with Crippen LogP contribution in [0.1, 0.15) is 63.9 Å². The van der Waals surface area contributed by atoms with E-state index in [2.05, 4.69) is 33.0 Å². The maximum absolute atomic E-state index is 15.0. The minimum Gasteiger partial charge on any atom is -0.453 e. The molecule has 3 aliphatic heterocycles. The SMILES string of the molecule is CCOC1(CN2CCC([C@@](CN3CCC3)(c3cccc(F)c3)[C@H]3CCC[C@@H]3NC(=O)OC)CC2)CN(c2ccc(S(=O)(=O)C3CC3)cc2)C1. The first-order valence-corrected chi connectivity index (χ1v) is 20.0. The zero-order valence-electron chi connectivity index (χ0n) is 29.1. The Hall–Kier alpha value is -2.73. The fraction of sp³-hybridized carbons (Fsp3) is 0.658. The van der Waals surface area contributed by atoms with Crippen LogP contribution in [0.5, 0.6) is 0 Å². The molecule has 11 heteroatoms. The highest BCUT2D eigenvalue weighted by Gasteiger charge is 2.54. The lowest BCUT2D eigenvalue weighted by Crippen LogP contribution is -2.68. The number of carbonyl (C=O) groups is 1. The number of carbonyl (C=O) groups excluding carboxylic acids is 1. The normalized spacial score (nSPS) is 26.1. The minimum absolute atomic E-state index is 0.0138. The predicted molar refractivity (Wildman–Crippen MR) is 188 cm³/mol. The number of benzene rings is 2. The lowest BCUT2D eigenvalue weighted by molar-refractivity contribution is -0.0856. The van der Waals surface area contributed by atoms with Gasteiger partial charge >= 0.3 is 6.09 Å². The van der Waals surface area contributed by atoms with Crippen molar-refractivity contribution < 1.29 is 27.1 Å². The van der Waals surface area contributed by atoms with E-state index in [1.54, 1.807) is 24.3 Å². The number of hydrogen-bond acceptors (Lipinski definition) is 8. The molecule has 3 heterocycles. The number of methoxy groups -OCH3 is 1. The van der Waals surface area contributed by atoms with Crippen LogP contribution in [-0.4, -0.2) is 107 Å². The molecule has 1 N–H and O–H groups in total. The molecule has 2 aromatic carbocycles. The van der Waals surface area contributed by atoms with E-state index in [-0.39, 0.29) is 40.1 Å². The second-order valence-corrected chi connectivity index (χ2v) is 17.4. The second-order valence-electron chi connectivity index (χ2n) is 15.2. The highest BCUT2D eigenvalue weighted by Crippen LogP contribution is 2.51. The largest absolute Gasteiger partial charge is 0.453 e. The van der Waals surface area contributed by atoms with Gasteiger partial charge in [0.25, 0.3) is 0 Å². The number of alkyl carbamates (subject to hydrolysis) is 1. The average molecular weight is 697 g/mol. The quantitative estimate of drug-likeness (QED) is 0.305. The Morgan fingerprint density at radius 1 is 0.959 bits per heavy atom. The molecule has 268 valence electrons. The number of nitrogens with one attached hydrogen (secondary N) is 1. The van der Waals surface area contributed by atoms with Gasteiger partial charge in [-0.2, -0.15) is 0 Å². The summed E-state index contributed by atoms with van der Waals surface area (Å²) in [6, 6.07) is 14.7. The van der Waals surface area contributed by atoms with Gasteiger partial charge in [-0.05, 0) is 132 Å². The summed E-state index contributed by atoms with van der Waals surface area (Å²) in [5, 5.41) is 2.98. The van der Waals surface area contributed by atoms with Gasteiger partial charge in [0.1, 0.15) is 11.4 Å². The van der Waals surface area contributed by atoms with Crippen LogP contribution in [0, 0.1) is 17.7 Å². The van der Waals surface area contributed by atoms with E-state index in [9.17, 15) is 13.2 Å². The first-order chi connectivity index (χ1) is 23.7. The molecule has 0 aromatic heterocycles. The fourth-order valence-corrected chi connectivity index (χ4v) is 11.2. The fourth-order valence-electron chi connectivity index (χ4n) is 9.54. The zero-order valence-corrected chi connectivity index (χ0v) is 29.9. The molecule has 0 bridgehead atoms. The molecule has 3 saturated heterocycles. The van der Waals surface area contributed by atoms with E-state index in [0.717, 1.165) is 109 Å². The monoisotopic (exact) mass is 696 g/mol. The molecule has 5 aliphatic rings. The van der Waals surface area contributed by atoms with E-state index >= 15 is 4.39 Å². The Morgan fingerprint density at radius 2 is 1.69 bits per heavy atom. The maximum atomic E-state index is 15.0. The summed E-state index contributed by atoms with van der Waals surface area (Å²) < 4.78 is 51.9. The van der Waals surface area contributed by atoms with Crippen LogP contribution < -0.4 is 10.2 Å². The first-order valence-electron chi connectivity index (χ1n) is 18.4. The molecular formula is C38H53FN4O5S. The maximum Gasteiger partial charge on any atom is 0.407 e. The third-order valence-corrected chi connectivity index (χ3v) is 14.5. The summed E-state index contributed by atoms with van der Waals surface area (Å²) >= 11 is 0. The number of rotatable bonds is 13. The highest BCUT2D eigenvalue weighted by molar-refractivity contribution is 7.92. The summed E-state index contributed by atoms with van der Waals surface area (Å²) in [7, 11) is -1.78. The minimum atomic E-state index is -3.20. The smallest absolute Gasteiger partial charge is 0.407 e. The number of sulfone groups is 1. The number of amides is 1. The molecule has 2 aromatic rings. The van der Waals surface area contributed by atoms with Crippen LogP contribution in [0.4, 0.5) is 14.9 Å². The van der Waals surface area contributed by atoms with Crippen molar-refractivity contribution in [1.29, 1.82) is 0 Å². The van der Waals surface area contributed by atoms with Crippen LogP contribution in [0.15, 0.2) is 53.4 Å². The van der Waals surface area contributed by atoms with Crippen LogP contribution in [0.25, 0.3) is 0 Å². The lowest BCUT2D eigenvalue weighted by Gasteiger charge is -2.55. The van der Waals surface area contributed by atoms with Gasteiger partial charge in [0.2, 0.25) is 0 Å². The van der Waals surface area contributed by atoms with Gasteiger partial charge in [-0.25, -0.2) is 17.6 Å². The summed E-state index contributed by atoms with van der Waals surface area (Å²) in [5.74, 6) is 0.319. The lowest BCUT2D eigenvalue weighted by atomic mass is 9.57. The average Bonchev–Trinajstić information content (AvgIpc) is 3.84. The standard InChI is InChI=1S/C38H53FN4O5S/c1-3-48-37(25-43(26-37)31-11-13-32(14-12-31)49(45,46)33-15-16-33)24-42-21-17-28(18-22-42)38(27-41-19-6-20-41,29-7-4-8-30(39)23-29)34-9-5-10-35(34)40-36(44)47-2/h4,7-8,11-14,23,28,33-35H,3,5-6,9-10,15-22,24-27H2,1-2H3,(H,40,44)/t34-,35-,38-/m0/s1. The van der Waals surface area contributed by atoms with Crippen LogP contribution in [0.3, 0.4) is 0 Å². The number of nitrogens with zero attached hydrogens (tertiary/aromatic N) is 3. The molecule has 49 heavy (non-hydrogen) atoms. The van der Waals surface area contributed by atoms with Crippen molar-refractivity contribution in [3.63, 3.8) is 0 Å². The summed E-state index contributed by atoms with van der Waals surface area (Å²) in [5.41, 5.74) is 1.53. The number of likely N-dealkylation sites (tertiary alicyclic amines) is 2. The first kappa shape index (κ1) is 34.7. The Bertz CT molecular complexity index is 1570. The molecule has 2 aliphatic carbocycles. The van der Waals surface area contributed by atoms with Crippen LogP contribution in [-0.2, 0) is 24.7 Å². The molecular weight excluding hydrogens is 644 g/mol. The molecule has 0 unspecified atom stereocenters. The molecule has 0 radical (unpaired) electrons. The van der Waals surface area contributed by atoms with Crippen molar-refractivity contribution in [1.82, 2.24) is 15.1 Å². The van der Waals surface area contributed by atoms with Crippen molar-refractivity contribution in [2.24, 2.45) is 11.8 Å². The van der Waals surface area contributed by atoms with E-state index in [4.69, 9.17) is 9.47 Å². The summed E-state index contributed by atoms with van der Waals surface area (Å²) in [6.45, 7) is 9.93. The molecule has 0 spiro atoms. The Labute approximate surface area is 291 Å². The number of piperidine rings is 1. The van der Waals surface area contributed by atoms with Gasteiger partial charge in [-0.3, -0.25) is 0 Å². The predicted octanol–water partition coefficient (Wildman–Crippen LogP) is 5.24. The van der Waals surface area contributed by atoms with Crippen LogP contribution >= 0.6 is 0 Å². The number of anilines is 1. The van der Waals surface area contributed by atoms with Crippen molar-refractivity contribution in [3.8, 4) is 0 Å². The van der Waals surface area contributed by atoms with E-state index < -0.39 is 9.84 Å². The van der Waals surface area contributed by atoms with Gasteiger partial charge in [0.05, 0.1) is 30.3 Å². The van der Waals surface area contributed by atoms with Gasteiger partial charge in [0.15, 0.2) is 9.84 Å². The van der Waals surface area contributed by atoms with E-state index in [1.807, 2.05) is 18.2 Å². The molecule has 7 rings (SSSR count). The molecule has 3 atom stereocenters. The summed E-state index contributed by atoms with van der Waals surface area (Å²) in [6.07, 6.45) is 7.25. The number of ether oxygens (including phenoxy) is 2. The van der Waals surface area contributed by atoms with E-state index in [0.29, 0.717) is 17.4 Å². The van der Waals surface area contributed by atoms with Gasteiger partial charge in [-0.1, -0.05) is 18.6 Å². The molecule has 9 nitrogen and oxygen atoms in total. The Kier molecular flexibility index (Phi) is 10.0. The second kappa shape index (κ2) is 14.1. The third-order valence-electron chi connectivity index (χ3n) is 12.2. The summed E-state index contributed by atoms with van der Waals surface area (Å²) in [4.78, 5) is 20.3. The van der Waals surface area contributed by atoms with Gasteiger partial charge in [0, 0.05) is 36.8 Å². The van der Waals surface area contributed by atoms with Gasteiger partial charge < -0.3 is 29.5 Å². The van der Waals surface area contributed by atoms with Crippen molar-refractivity contribution in [2.45, 2.75) is 85.5 Å². The van der Waals surface area contributed by atoms with Crippen molar-refractivity contribution in [2.75, 3.05) is 71.0 Å². The van der Waals surface area contributed by atoms with Gasteiger partial charge in [-0.15, -0.1) is 0 Å². The Morgan fingerprint density at radius 3 is 2.31 bits per heavy atom.